The third-order valence-electron chi connectivity index (χ3n) is 3.12. The lowest BCUT2D eigenvalue weighted by Gasteiger charge is -2.13. The van der Waals surface area contributed by atoms with E-state index < -0.39 is 0 Å². The van der Waals surface area contributed by atoms with Crippen LogP contribution >= 0.6 is 11.3 Å². The average molecular weight is 269 g/mol. The summed E-state index contributed by atoms with van der Waals surface area (Å²) in [6.07, 6.45) is 0. The SMILES string of the molecule is C/N=c1\ccc2nc3ccc(N(C)C)cc3sc-2c1. The third kappa shape index (κ3) is 2.19. The molecule has 1 heterocycles. The van der Waals surface area contributed by atoms with E-state index in [1.807, 2.05) is 33.3 Å². The Kier molecular flexibility index (Phi) is 2.95. The van der Waals surface area contributed by atoms with E-state index in [0.717, 1.165) is 16.6 Å². The Balaban J connectivity index is 2.31. The maximum absolute atomic E-state index is 4.70. The van der Waals surface area contributed by atoms with Crippen molar-refractivity contribution in [3.63, 3.8) is 0 Å². The first-order valence-electron chi connectivity index (χ1n) is 6.12. The molecule has 0 N–H and O–H groups in total. The van der Waals surface area contributed by atoms with E-state index in [1.165, 1.54) is 15.3 Å². The highest BCUT2D eigenvalue weighted by Crippen LogP contribution is 2.31. The predicted octanol–water partition coefficient (Wildman–Crippen LogP) is 3.00. The molecule has 0 atom stereocenters. The molecule has 0 fully saturated rings. The molecule has 3 nitrogen and oxygen atoms in total. The Morgan fingerprint density at radius 2 is 1.95 bits per heavy atom. The van der Waals surface area contributed by atoms with E-state index in [1.54, 1.807) is 11.3 Å². The van der Waals surface area contributed by atoms with E-state index in [-0.39, 0.29) is 0 Å². The van der Waals surface area contributed by atoms with Gasteiger partial charge in [0.1, 0.15) is 0 Å². The number of aromatic nitrogens is 1. The van der Waals surface area contributed by atoms with Gasteiger partial charge >= 0.3 is 0 Å². The van der Waals surface area contributed by atoms with Crippen molar-refractivity contribution in [1.82, 2.24) is 4.98 Å². The highest BCUT2D eigenvalue weighted by molar-refractivity contribution is 7.21. The largest absolute Gasteiger partial charge is 0.378 e. The molecule has 19 heavy (non-hydrogen) atoms. The molecule has 1 aliphatic carbocycles. The quantitative estimate of drug-likeness (QED) is 0.635. The number of benzene rings is 2. The fourth-order valence-corrected chi connectivity index (χ4v) is 3.05. The summed E-state index contributed by atoms with van der Waals surface area (Å²) in [5.41, 5.74) is 3.27. The molecule has 96 valence electrons. The van der Waals surface area contributed by atoms with Crippen molar-refractivity contribution in [2.45, 2.75) is 0 Å². The maximum atomic E-state index is 4.70. The number of hydrogen-bond acceptors (Lipinski definition) is 4. The predicted molar refractivity (Wildman–Crippen MR) is 82.1 cm³/mol. The molecule has 4 heteroatoms. The van der Waals surface area contributed by atoms with Gasteiger partial charge in [-0.3, -0.25) is 4.99 Å². The molecule has 1 aromatic carbocycles. The molecule has 0 spiro atoms. The van der Waals surface area contributed by atoms with Crippen molar-refractivity contribution >= 4 is 27.2 Å². The van der Waals surface area contributed by atoms with Crippen LogP contribution in [0, 0.1) is 0 Å². The lowest BCUT2D eigenvalue weighted by Crippen LogP contribution is -2.08. The number of fused-ring (bicyclic) bond motifs is 2. The van der Waals surface area contributed by atoms with Crippen molar-refractivity contribution in [2.24, 2.45) is 4.99 Å². The van der Waals surface area contributed by atoms with Gasteiger partial charge in [-0.05, 0) is 36.4 Å². The molecule has 0 amide bonds. The van der Waals surface area contributed by atoms with Gasteiger partial charge in [0.05, 0.1) is 26.1 Å². The van der Waals surface area contributed by atoms with Crippen molar-refractivity contribution in [2.75, 3.05) is 26.0 Å². The summed E-state index contributed by atoms with van der Waals surface area (Å²) in [6, 6.07) is 12.5. The van der Waals surface area contributed by atoms with Gasteiger partial charge in [-0.2, -0.15) is 0 Å². The van der Waals surface area contributed by atoms with E-state index >= 15 is 0 Å². The lowest BCUT2D eigenvalue weighted by atomic mass is 10.2. The summed E-state index contributed by atoms with van der Waals surface area (Å²) < 4.78 is 1.20. The molecule has 0 unspecified atom stereocenters. The first kappa shape index (κ1) is 12.1. The average Bonchev–Trinajstić information content (AvgIpc) is 2.43. The molecule has 3 rings (SSSR count). The van der Waals surface area contributed by atoms with Gasteiger partial charge in [0.2, 0.25) is 0 Å². The fraction of sp³-hybridized carbons (Fsp3) is 0.200. The van der Waals surface area contributed by atoms with Gasteiger partial charge in [0.15, 0.2) is 0 Å². The Morgan fingerprint density at radius 3 is 2.68 bits per heavy atom. The molecule has 1 aliphatic heterocycles. The van der Waals surface area contributed by atoms with Crippen LogP contribution in [0.2, 0.25) is 0 Å². The van der Waals surface area contributed by atoms with Crippen molar-refractivity contribution in [3.8, 4) is 10.6 Å². The number of nitrogens with zero attached hydrogens (tertiary/aromatic N) is 3. The van der Waals surface area contributed by atoms with Gasteiger partial charge in [-0.15, -0.1) is 11.3 Å². The second-order valence-corrected chi connectivity index (χ2v) is 5.72. The molecule has 1 aromatic rings. The molecule has 0 aromatic heterocycles. The zero-order chi connectivity index (χ0) is 13.4. The Bertz CT molecular complexity index is 774. The third-order valence-corrected chi connectivity index (χ3v) is 4.22. The van der Waals surface area contributed by atoms with Crippen LogP contribution in [0.25, 0.3) is 20.8 Å². The van der Waals surface area contributed by atoms with E-state index in [2.05, 4.69) is 34.2 Å². The van der Waals surface area contributed by atoms with Crippen LogP contribution in [0.4, 0.5) is 5.69 Å². The Labute approximate surface area is 116 Å². The second-order valence-electron chi connectivity index (χ2n) is 4.64. The van der Waals surface area contributed by atoms with E-state index in [4.69, 9.17) is 4.98 Å². The van der Waals surface area contributed by atoms with Crippen LogP contribution in [0.15, 0.2) is 41.4 Å². The smallest absolute Gasteiger partial charge is 0.0811 e. The first-order chi connectivity index (χ1) is 9.17. The summed E-state index contributed by atoms with van der Waals surface area (Å²) in [5, 5.41) is 0.994. The fourth-order valence-electron chi connectivity index (χ4n) is 2.02. The molecule has 0 saturated heterocycles. The standard InChI is InChI=1S/C15H15N3S/c1-16-10-4-6-12-14(8-10)19-15-9-11(18(2)3)5-7-13(15)17-12/h4-9H,1-3H3/b16-10+. The minimum absolute atomic E-state index is 0.994. The molecular weight excluding hydrogens is 254 g/mol. The Morgan fingerprint density at radius 1 is 1.11 bits per heavy atom. The number of hydrogen-bond donors (Lipinski definition) is 0. The summed E-state index contributed by atoms with van der Waals surface area (Å²) in [7, 11) is 5.91. The molecule has 0 saturated carbocycles. The van der Waals surface area contributed by atoms with Crippen molar-refractivity contribution < 1.29 is 0 Å². The van der Waals surface area contributed by atoms with Crippen LogP contribution in [-0.2, 0) is 0 Å². The van der Waals surface area contributed by atoms with Crippen LogP contribution < -0.4 is 10.3 Å². The lowest BCUT2D eigenvalue weighted by molar-refractivity contribution is 1.13. The molecule has 0 radical (unpaired) electrons. The summed E-state index contributed by atoms with van der Waals surface area (Å²) in [4.78, 5) is 12.2. The summed E-state index contributed by atoms with van der Waals surface area (Å²) in [6.45, 7) is 0. The van der Waals surface area contributed by atoms with Gasteiger partial charge in [-0.25, -0.2) is 4.98 Å². The maximum Gasteiger partial charge on any atom is 0.0811 e. The summed E-state index contributed by atoms with van der Waals surface area (Å²) in [5.74, 6) is 0. The number of rotatable bonds is 1. The van der Waals surface area contributed by atoms with Crippen LogP contribution in [0.5, 0.6) is 0 Å². The normalized spacial score (nSPS) is 12.3. The highest BCUT2D eigenvalue weighted by atomic mass is 32.1. The van der Waals surface area contributed by atoms with Crippen LogP contribution in [0.3, 0.4) is 0 Å². The zero-order valence-corrected chi connectivity index (χ0v) is 12.0. The van der Waals surface area contributed by atoms with Crippen LogP contribution in [0.1, 0.15) is 0 Å². The van der Waals surface area contributed by atoms with E-state index in [9.17, 15) is 0 Å². The zero-order valence-electron chi connectivity index (χ0n) is 11.2. The topological polar surface area (TPSA) is 28.5 Å². The van der Waals surface area contributed by atoms with Gasteiger partial charge in [0, 0.05) is 26.8 Å². The number of anilines is 1. The minimum Gasteiger partial charge on any atom is -0.378 e. The summed E-state index contributed by atoms with van der Waals surface area (Å²) >= 11 is 1.76. The van der Waals surface area contributed by atoms with Crippen LogP contribution in [-0.4, -0.2) is 26.1 Å². The molecule has 2 aliphatic rings. The van der Waals surface area contributed by atoms with E-state index in [0.29, 0.717) is 0 Å². The van der Waals surface area contributed by atoms with Gasteiger partial charge < -0.3 is 4.90 Å². The first-order valence-corrected chi connectivity index (χ1v) is 6.94. The van der Waals surface area contributed by atoms with Gasteiger partial charge in [-0.1, -0.05) is 0 Å². The van der Waals surface area contributed by atoms with Crippen molar-refractivity contribution in [1.29, 1.82) is 0 Å². The Hall–Kier alpha value is -1.94. The monoisotopic (exact) mass is 269 g/mol. The second kappa shape index (κ2) is 4.63. The van der Waals surface area contributed by atoms with Crippen molar-refractivity contribution in [3.05, 3.63) is 41.8 Å². The molecule has 0 bridgehead atoms. The van der Waals surface area contributed by atoms with Gasteiger partial charge in [0.25, 0.3) is 0 Å². The highest BCUT2D eigenvalue weighted by Gasteiger charge is 2.07. The minimum atomic E-state index is 0.994. The molecular formula is C15H15N3S.